The summed E-state index contributed by atoms with van der Waals surface area (Å²) in [5.74, 6) is 1.17. The van der Waals surface area contributed by atoms with E-state index in [0.29, 0.717) is 27.7 Å². The van der Waals surface area contributed by atoms with Crippen LogP contribution < -0.4 is 10.3 Å². The molecule has 4 aromatic rings. The average molecular weight is 415 g/mol. The number of hydrogen-bond donors (Lipinski definition) is 1. The number of aromatic nitrogens is 2. The molecule has 0 radical (unpaired) electrons. The van der Waals surface area contributed by atoms with E-state index in [1.165, 1.54) is 11.3 Å². The van der Waals surface area contributed by atoms with Gasteiger partial charge in [-0.1, -0.05) is 29.8 Å². The molecular formula is C20H15ClN2O2S2. The zero-order valence-corrected chi connectivity index (χ0v) is 16.8. The predicted molar refractivity (Wildman–Crippen MR) is 115 cm³/mol. The van der Waals surface area contributed by atoms with Crippen molar-refractivity contribution in [1.29, 1.82) is 0 Å². The second kappa shape index (κ2) is 7.68. The van der Waals surface area contributed by atoms with E-state index in [4.69, 9.17) is 16.3 Å². The SMILES string of the molecule is CCOc1ccc(/C=C(\Cl)c2nc3scc(-c4cccs4)c3c(=O)[nH]2)cc1. The van der Waals surface area contributed by atoms with Crippen LogP contribution in [0.25, 0.3) is 31.8 Å². The molecule has 3 heterocycles. The summed E-state index contributed by atoms with van der Waals surface area (Å²) in [6, 6.07) is 11.5. The lowest BCUT2D eigenvalue weighted by atomic mass is 10.2. The maximum Gasteiger partial charge on any atom is 0.260 e. The zero-order valence-electron chi connectivity index (χ0n) is 14.4. The molecule has 4 rings (SSSR count). The number of benzene rings is 1. The van der Waals surface area contributed by atoms with Gasteiger partial charge in [-0.15, -0.1) is 22.7 Å². The van der Waals surface area contributed by atoms with Crippen LogP contribution in [-0.2, 0) is 0 Å². The number of nitrogens with zero attached hydrogens (tertiary/aromatic N) is 1. The molecule has 7 heteroatoms. The molecule has 0 bridgehead atoms. The predicted octanol–water partition coefficient (Wildman–Crippen LogP) is 5.85. The van der Waals surface area contributed by atoms with Gasteiger partial charge in [0.05, 0.1) is 17.0 Å². The molecule has 0 aliphatic carbocycles. The zero-order chi connectivity index (χ0) is 18.8. The maximum absolute atomic E-state index is 12.7. The Kier molecular flexibility index (Phi) is 5.11. The fraction of sp³-hybridized carbons (Fsp3) is 0.100. The number of ether oxygens (including phenoxy) is 1. The number of thiophene rings is 2. The normalized spacial score (nSPS) is 11.9. The molecule has 136 valence electrons. The van der Waals surface area contributed by atoms with E-state index in [-0.39, 0.29) is 5.56 Å². The van der Waals surface area contributed by atoms with Crippen LogP contribution in [0.5, 0.6) is 5.75 Å². The third kappa shape index (κ3) is 3.69. The van der Waals surface area contributed by atoms with Gasteiger partial charge in [0.2, 0.25) is 0 Å². The van der Waals surface area contributed by atoms with Crippen LogP contribution >= 0.6 is 34.3 Å². The summed E-state index contributed by atoms with van der Waals surface area (Å²) in [4.78, 5) is 21.8. The smallest absolute Gasteiger partial charge is 0.260 e. The molecule has 27 heavy (non-hydrogen) atoms. The Morgan fingerprint density at radius 3 is 2.78 bits per heavy atom. The van der Waals surface area contributed by atoms with Crippen molar-refractivity contribution in [3.05, 3.63) is 68.9 Å². The minimum Gasteiger partial charge on any atom is -0.494 e. The van der Waals surface area contributed by atoms with E-state index in [1.54, 1.807) is 17.4 Å². The fourth-order valence-corrected chi connectivity index (χ4v) is 4.69. The topological polar surface area (TPSA) is 55.0 Å². The van der Waals surface area contributed by atoms with Crippen LogP contribution in [0, 0.1) is 0 Å². The Hall–Kier alpha value is -2.41. The highest BCUT2D eigenvalue weighted by atomic mass is 35.5. The van der Waals surface area contributed by atoms with Gasteiger partial charge in [-0.3, -0.25) is 4.79 Å². The van der Waals surface area contributed by atoms with Gasteiger partial charge in [0.25, 0.3) is 5.56 Å². The molecule has 0 saturated carbocycles. The number of H-pyrrole nitrogens is 1. The average Bonchev–Trinajstić information content (AvgIpc) is 3.32. The first-order valence-corrected chi connectivity index (χ1v) is 10.4. The van der Waals surface area contributed by atoms with E-state index in [0.717, 1.165) is 21.8 Å². The monoisotopic (exact) mass is 414 g/mol. The van der Waals surface area contributed by atoms with Crippen LogP contribution in [0.2, 0.25) is 0 Å². The molecule has 0 fully saturated rings. The van der Waals surface area contributed by atoms with E-state index < -0.39 is 0 Å². The molecule has 1 N–H and O–H groups in total. The summed E-state index contributed by atoms with van der Waals surface area (Å²) >= 11 is 9.47. The summed E-state index contributed by atoms with van der Waals surface area (Å²) in [5.41, 5.74) is 1.63. The first-order valence-electron chi connectivity index (χ1n) is 8.31. The Morgan fingerprint density at radius 2 is 2.07 bits per heavy atom. The van der Waals surface area contributed by atoms with Gasteiger partial charge < -0.3 is 9.72 Å². The highest BCUT2D eigenvalue weighted by Gasteiger charge is 2.14. The molecule has 1 aromatic carbocycles. The number of aromatic amines is 1. The van der Waals surface area contributed by atoms with Crippen LogP contribution in [0.4, 0.5) is 0 Å². The van der Waals surface area contributed by atoms with Gasteiger partial charge in [-0.05, 0) is 42.1 Å². The Bertz CT molecular complexity index is 1160. The van der Waals surface area contributed by atoms with Crippen molar-refractivity contribution >= 4 is 55.6 Å². The van der Waals surface area contributed by atoms with Crippen LogP contribution in [-0.4, -0.2) is 16.6 Å². The van der Waals surface area contributed by atoms with E-state index in [2.05, 4.69) is 9.97 Å². The standard InChI is InChI=1S/C20H15ClN2O2S2/c1-2-25-13-7-5-12(6-8-13)10-15(21)18-22-19(24)17-14(11-27-20(17)23-18)16-4-3-9-26-16/h3-11H,2H2,1H3,(H,22,23,24)/b15-10-. The Balaban J connectivity index is 1.70. The molecule has 0 spiro atoms. The van der Waals surface area contributed by atoms with Crippen LogP contribution in [0.15, 0.2) is 52.0 Å². The summed E-state index contributed by atoms with van der Waals surface area (Å²) in [6.07, 6.45) is 1.77. The van der Waals surface area contributed by atoms with Gasteiger partial charge in [0, 0.05) is 15.8 Å². The summed E-state index contributed by atoms with van der Waals surface area (Å²) in [5, 5.41) is 4.94. The molecule has 0 aliphatic rings. The van der Waals surface area contributed by atoms with Crippen molar-refractivity contribution in [3.63, 3.8) is 0 Å². The van der Waals surface area contributed by atoms with E-state index in [1.807, 2.05) is 54.1 Å². The van der Waals surface area contributed by atoms with E-state index in [9.17, 15) is 4.79 Å². The lowest BCUT2D eigenvalue weighted by Gasteiger charge is -2.03. The number of hydrogen-bond acceptors (Lipinski definition) is 5. The summed E-state index contributed by atoms with van der Waals surface area (Å²) < 4.78 is 5.44. The van der Waals surface area contributed by atoms with E-state index >= 15 is 0 Å². The Morgan fingerprint density at radius 1 is 1.26 bits per heavy atom. The first-order chi connectivity index (χ1) is 13.2. The van der Waals surface area contributed by atoms with Crippen molar-refractivity contribution in [2.45, 2.75) is 6.92 Å². The first kappa shape index (κ1) is 18.0. The van der Waals surface area contributed by atoms with Crippen LogP contribution in [0.1, 0.15) is 18.3 Å². The van der Waals surface area contributed by atoms with Crippen molar-refractivity contribution in [2.24, 2.45) is 0 Å². The lowest BCUT2D eigenvalue weighted by Crippen LogP contribution is -2.10. The molecule has 0 atom stereocenters. The second-order valence-corrected chi connectivity index (χ2v) is 7.93. The summed E-state index contributed by atoms with van der Waals surface area (Å²) in [6.45, 7) is 2.56. The number of fused-ring (bicyclic) bond motifs is 1. The quantitative estimate of drug-likeness (QED) is 0.445. The van der Waals surface area contributed by atoms with Crippen LogP contribution in [0.3, 0.4) is 0 Å². The number of rotatable bonds is 5. The number of nitrogens with one attached hydrogen (secondary N) is 1. The fourth-order valence-electron chi connectivity index (χ4n) is 2.72. The largest absolute Gasteiger partial charge is 0.494 e. The highest BCUT2D eigenvalue weighted by Crippen LogP contribution is 2.34. The van der Waals surface area contributed by atoms with Gasteiger partial charge in [0.15, 0.2) is 5.82 Å². The van der Waals surface area contributed by atoms with Crippen molar-refractivity contribution < 1.29 is 4.74 Å². The molecular weight excluding hydrogens is 400 g/mol. The molecule has 4 nitrogen and oxygen atoms in total. The van der Waals surface area contributed by atoms with Gasteiger partial charge in [-0.2, -0.15) is 0 Å². The van der Waals surface area contributed by atoms with Crippen molar-refractivity contribution in [3.8, 4) is 16.2 Å². The minimum atomic E-state index is -0.183. The highest BCUT2D eigenvalue weighted by molar-refractivity contribution is 7.18. The third-order valence-corrected chi connectivity index (χ3v) is 6.00. The van der Waals surface area contributed by atoms with Gasteiger partial charge in [0.1, 0.15) is 10.6 Å². The molecule has 3 aromatic heterocycles. The minimum absolute atomic E-state index is 0.183. The lowest BCUT2D eigenvalue weighted by molar-refractivity contribution is 0.340. The van der Waals surface area contributed by atoms with Crippen molar-refractivity contribution in [2.75, 3.05) is 6.61 Å². The summed E-state index contributed by atoms with van der Waals surface area (Å²) in [7, 11) is 0. The number of halogens is 1. The molecule has 0 amide bonds. The van der Waals surface area contributed by atoms with Crippen molar-refractivity contribution in [1.82, 2.24) is 9.97 Å². The Labute approximate surface area is 168 Å². The second-order valence-electron chi connectivity index (χ2n) is 5.72. The third-order valence-electron chi connectivity index (χ3n) is 3.94. The van der Waals surface area contributed by atoms with Gasteiger partial charge >= 0.3 is 0 Å². The molecule has 0 unspecified atom stereocenters. The van der Waals surface area contributed by atoms with Gasteiger partial charge in [-0.25, -0.2) is 4.98 Å². The molecule has 0 saturated heterocycles. The maximum atomic E-state index is 12.7. The molecule has 0 aliphatic heterocycles.